The molecule has 1 aliphatic rings. The molecule has 0 spiro atoms. The van der Waals surface area contributed by atoms with Crippen molar-refractivity contribution in [3.8, 4) is 0 Å². The first kappa shape index (κ1) is 17.4. The largest absolute Gasteiger partial charge is 0.480 e. The van der Waals surface area contributed by atoms with Gasteiger partial charge < -0.3 is 25.8 Å². The quantitative estimate of drug-likeness (QED) is 0.512. The number of hydrogen-bond donors (Lipinski definition) is 4. The van der Waals surface area contributed by atoms with Gasteiger partial charge in [0.15, 0.2) is 0 Å². The first-order valence-corrected chi connectivity index (χ1v) is 7.23. The van der Waals surface area contributed by atoms with Crippen molar-refractivity contribution in [1.82, 2.24) is 4.90 Å². The number of carbonyl (C=O) groups is 1. The van der Waals surface area contributed by atoms with Gasteiger partial charge in [-0.15, -0.1) is 0 Å². The summed E-state index contributed by atoms with van der Waals surface area (Å²) >= 11 is 0. The first-order chi connectivity index (χ1) is 9.18. The van der Waals surface area contributed by atoms with Gasteiger partial charge in [0, 0.05) is 12.0 Å². The Bertz CT molecular complexity index is 340. The Morgan fingerprint density at radius 3 is 2.50 bits per heavy atom. The molecule has 5 N–H and O–H groups in total. The predicted molar refractivity (Wildman–Crippen MR) is 78.1 cm³/mol. The standard InChI is InChI=1S/C13H27BN2O4/c1-9(16(2)3)11-5-4-10(6-7-14(19)20)8-13(11,15)12(17)18/h9-11,19-20H,4-8,15H2,1-3H3,(H,17,18). The van der Waals surface area contributed by atoms with Crippen molar-refractivity contribution in [3.05, 3.63) is 0 Å². The molecule has 1 saturated carbocycles. The van der Waals surface area contributed by atoms with Crippen LogP contribution in [0.2, 0.25) is 6.32 Å². The number of nitrogens with zero attached hydrogens (tertiary/aromatic N) is 1. The van der Waals surface area contributed by atoms with Crippen LogP contribution in [0.4, 0.5) is 0 Å². The minimum atomic E-state index is -1.33. The molecule has 1 fully saturated rings. The van der Waals surface area contributed by atoms with E-state index in [4.69, 9.17) is 15.8 Å². The Kier molecular flexibility index (Phi) is 6.00. The molecule has 0 heterocycles. The van der Waals surface area contributed by atoms with Gasteiger partial charge in [-0.3, -0.25) is 4.79 Å². The molecular formula is C13H27BN2O4. The van der Waals surface area contributed by atoms with E-state index in [1.165, 1.54) is 0 Å². The molecule has 0 amide bonds. The highest BCUT2D eigenvalue weighted by atomic mass is 16.4. The zero-order chi connectivity index (χ0) is 15.5. The van der Waals surface area contributed by atoms with Gasteiger partial charge in [0.25, 0.3) is 0 Å². The molecule has 7 heteroatoms. The van der Waals surface area contributed by atoms with Gasteiger partial charge in [-0.1, -0.05) is 6.42 Å². The lowest BCUT2D eigenvalue weighted by atomic mass is 9.64. The number of nitrogens with two attached hydrogens (primary N) is 1. The van der Waals surface area contributed by atoms with E-state index in [0.29, 0.717) is 12.8 Å². The minimum Gasteiger partial charge on any atom is -0.480 e. The molecule has 1 aliphatic carbocycles. The van der Waals surface area contributed by atoms with Crippen LogP contribution in [0.5, 0.6) is 0 Å². The summed E-state index contributed by atoms with van der Waals surface area (Å²) in [7, 11) is 2.54. The summed E-state index contributed by atoms with van der Waals surface area (Å²) in [5, 5.41) is 27.4. The van der Waals surface area contributed by atoms with E-state index in [-0.39, 0.29) is 24.2 Å². The van der Waals surface area contributed by atoms with Crippen molar-refractivity contribution < 1.29 is 19.9 Å². The SMILES string of the molecule is CC(C1CCC(CCB(O)O)CC1(N)C(=O)O)N(C)C. The molecule has 4 unspecified atom stereocenters. The third-order valence-corrected chi connectivity index (χ3v) is 4.80. The molecule has 0 aromatic rings. The average molecular weight is 286 g/mol. The number of carboxylic acids is 1. The van der Waals surface area contributed by atoms with Gasteiger partial charge in [0.05, 0.1) is 0 Å². The molecule has 0 saturated heterocycles. The topological polar surface area (TPSA) is 107 Å². The van der Waals surface area contributed by atoms with Crippen LogP contribution in [-0.4, -0.2) is 58.8 Å². The van der Waals surface area contributed by atoms with Crippen LogP contribution in [0.15, 0.2) is 0 Å². The molecule has 0 aromatic heterocycles. The van der Waals surface area contributed by atoms with Gasteiger partial charge in [0.1, 0.15) is 5.54 Å². The Labute approximate surface area is 121 Å². The summed E-state index contributed by atoms with van der Waals surface area (Å²) in [6.07, 6.45) is 2.93. The van der Waals surface area contributed by atoms with Crippen LogP contribution in [0.25, 0.3) is 0 Å². The van der Waals surface area contributed by atoms with Crippen molar-refractivity contribution in [3.63, 3.8) is 0 Å². The summed E-state index contributed by atoms with van der Waals surface area (Å²) in [4.78, 5) is 13.7. The number of hydrogen-bond acceptors (Lipinski definition) is 5. The number of carboxylic acid groups (broad SMARTS) is 1. The van der Waals surface area contributed by atoms with E-state index in [1.54, 1.807) is 0 Å². The van der Waals surface area contributed by atoms with E-state index >= 15 is 0 Å². The molecule has 0 bridgehead atoms. The van der Waals surface area contributed by atoms with Crippen LogP contribution in [-0.2, 0) is 4.79 Å². The second kappa shape index (κ2) is 6.89. The second-order valence-corrected chi connectivity index (χ2v) is 6.36. The Morgan fingerprint density at radius 1 is 1.45 bits per heavy atom. The van der Waals surface area contributed by atoms with Crippen LogP contribution in [0.3, 0.4) is 0 Å². The number of aliphatic carboxylic acids is 1. The maximum absolute atomic E-state index is 11.7. The fraction of sp³-hybridized carbons (Fsp3) is 0.923. The first-order valence-electron chi connectivity index (χ1n) is 7.23. The van der Waals surface area contributed by atoms with Gasteiger partial charge in [0.2, 0.25) is 0 Å². The predicted octanol–water partition coefficient (Wildman–Crippen LogP) is -0.00220. The maximum Gasteiger partial charge on any atom is 0.451 e. The third-order valence-electron chi connectivity index (χ3n) is 4.80. The van der Waals surface area contributed by atoms with E-state index < -0.39 is 18.6 Å². The van der Waals surface area contributed by atoms with Gasteiger partial charge >= 0.3 is 13.1 Å². The Morgan fingerprint density at radius 2 is 2.05 bits per heavy atom. The minimum absolute atomic E-state index is 0.0923. The maximum atomic E-state index is 11.7. The van der Waals surface area contributed by atoms with Crippen LogP contribution >= 0.6 is 0 Å². The van der Waals surface area contributed by atoms with Crippen molar-refractivity contribution >= 4 is 13.1 Å². The van der Waals surface area contributed by atoms with Crippen molar-refractivity contribution in [2.24, 2.45) is 17.6 Å². The zero-order valence-corrected chi connectivity index (χ0v) is 12.6. The highest BCUT2D eigenvalue weighted by molar-refractivity contribution is 6.40. The summed E-state index contributed by atoms with van der Waals surface area (Å²) in [5.41, 5.74) is 5.00. The van der Waals surface area contributed by atoms with E-state index in [0.717, 1.165) is 12.8 Å². The Hall–Kier alpha value is -0.625. The monoisotopic (exact) mass is 286 g/mol. The molecule has 0 aliphatic heterocycles. The van der Waals surface area contributed by atoms with Crippen LogP contribution in [0, 0.1) is 11.8 Å². The van der Waals surface area contributed by atoms with E-state index in [2.05, 4.69) is 0 Å². The third kappa shape index (κ3) is 3.94. The smallest absolute Gasteiger partial charge is 0.451 e. The molecule has 1 rings (SSSR count). The van der Waals surface area contributed by atoms with Crippen molar-refractivity contribution in [2.75, 3.05) is 14.1 Å². The fourth-order valence-corrected chi connectivity index (χ4v) is 3.31. The summed E-state index contributed by atoms with van der Waals surface area (Å²) in [6, 6.07) is 0.0977. The van der Waals surface area contributed by atoms with Crippen LogP contribution < -0.4 is 5.73 Å². The lowest BCUT2D eigenvalue weighted by Gasteiger charge is -2.45. The molecule has 116 valence electrons. The molecule has 0 aromatic carbocycles. The zero-order valence-electron chi connectivity index (χ0n) is 12.6. The van der Waals surface area contributed by atoms with E-state index in [9.17, 15) is 9.90 Å². The van der Waals surface area contributed by atoms with Crippen molar-refractivity contribution in [2.45, 2.75) is 50.5 Å². The summed E-state index contributed by atoms with van der Waals surface area (Å²) < 4.78 is 0. The normalized spacial score (nSPS) is 32.1. The summed E-state index contributed by atoms with van der Waals surface area (Å²) in [6.45, 7) is 2.01. The summed E-state index contributed by atoms with van der Waals surface area (Å²) in [5.74, 6) is -0.903. The Balaban J connectivity index is 2.80. The molecular weight excluding hydrogens is 259 g/mol. The lowest BCUT2D eigenvalue weighted by molar-refractivity contribution is -0.149. The second-order valence-electron chi connectivity index (χ2n) is 6.36. The number of rotatable bonds is 6. The van der Waals surface area contributed by atoms with Crippen LogP contribution in [0.1, 0.15) is 32.6 Å². The average Bonchev–Trinajstić information content (AvgIpc) is 2.35. The van der Waals surface area contributed by atoms with Gasteiger partial charge in [-0.05, 0) is 52.5 Å². The molecule has 20 heavy (non-hydrogen) atoms. The molecule has 6 nitrogen and oxygen atoms in total. The van der Waals surface area contributed by atoms with Gasteiger partial charge in [-0.25, -0.2) is 0 Å². The molecule has 4 atom stereocenters. The van der Waals surface area contributed by atoms with E-state index in [1.807, 2.05) is 25.9 Å². The lowest BCUT2D eigenvalue weighted by Crippen LogP contribution is -2.62. The van der Waals surface area contributed by atoms with Gasteiger partial charge in [-0.2, -0.15) is 0 Å². The highest BCUT2D eigenvalue weighted by Crippen LogP contribution is 2.40. The fourth-order valence-electron chi connectivity index (χ4n) is 3.31. The highest BCUT2D eigenvalue weighted by Gasteiger charge is 2.49. The van der Waals surface area contributed by atoms with Crippen molar-refractivity contribution in [1.29, 1.82) is 0 Å². The molecule has 0 radical (unpaired) electrons.